The largest absolute Gasteiger partial charge is 0.383 e. The van der Waals surface area contributed by atoms with Gasteiger partial charge in [0.05, 0.1) is 6.54 Å². The highest BCUT2D eigenvalue weighted by molar-refractivity contribution is 5.24. The average molecular weight is 514 g/mol. The van der Waals surface area contributed by atoms with E-state index >= 15 is 0 Å². The fourth-order valence-electron chi connectivity index (χ4n) is 3.86. The van der Waals surface area contributed by atoms with E-state index in [0.29, 0.717) is 18.5 Å². The minimum atomic E-state index is -2.49. The summed E-state index contributed by atoms with van der Waals surface area (Å²) in [6.07, 6.45) is 12.4. The summed E-state index contributed by atoms with van der Waals surface area (Å²) < 4.78 is 38.0. The second-order valence-electron chi connectivity index (χ2n) is 8.91. The third kappa shape index (κ3) is 10.2. The van der Waals surface area contributed by atoms with Gasteiger partial charge in [0.25, 0.3) is 6.43 Å². The van der Waals surface area contributed by atoms with Crippen molar-refractivity contribution in [2.75, 3.05) is 20.1 Å². The molecule has 2 aromatic heterocycles. The molecular formula is C29H38F3N5. The number of rotatable bonds is 10. The van der Waals surface area contributed by atoms with Crippen molar-refractivity contribution in [3.8, 4) is 0 Å². The first-order chi connectivity index (χ1) is 17.8. The zero-order valence-corrected chi connectivity index (χ0v) is 21.6. The van der Waals surface area contributed by atoms with Crippen molar-refractivity contribution < 1.29 is 13.2 Å². The quantitative estimate of drug-likeness (QED) is 0.221. The number of allylic oxidation sites excluding steroid dienone is 3. The van der Waals surface area contributed by atoms with E-state index in [4.69, 9.17) is 0 Å². The molecule has 2 aromatic rings. The van der Waals surface area contributed by atoms with Gasteiger partial charge in [-0.15, -0.1) is 6.58 Å². The van der Waals surface area contributed by atoms with E-state index in [1.54, 1.807) is 18.2 Å². The highest BCUT2D eigenvalue weighted by atomic mass is 19.3. The Labute approximate surface area is 218 Å². The van der Waals surface area contributed by atoms with E-state index in [9.17, 15) is 13.2 Å². The summed E-state index contributed by atoms with van der Waals surface area (Å²) in [6.45, 7) is 17.4. The molecule has 0 bridgehead atoms. The molecule has 0 aromatic carbocycles. The van der Waals surface area contributed by atoms with Crippen LogP contribution in [0.4, 0.5) is 13.2 Å². The van der Waals surface area contributed by atoms with Crippen molar-refractivity contribution in [3.63, 3.8) is 0 Å². The fourth-order valence-corrected chi connectivity index (χ4v) is 3.86. The molecule has 1 unspecified atom stereocenters. The minimum Gasteiger partial charge on any atom is -0.383 e. The third-order valence-corrected chi connectivity index (χ3v) is 6.04. The maximum Gasteiger partial charge on any atom is 0.282 e. The standard InChI is InChI=1S/C14H22N2.C8H8FN.C7H8F2N2/c1-5-8-13(6-2)11-15-12(3)14-9-7-10-16(14)4;9-8-7(6-3-4-6)2-1-5-10-8;1-2-4-11-5-3-6(10-11)7(8)9/h5-6,8,14-15H,1-3,7,9-11H2,4H3;1-2,5-6H,3-4H2;2-3,5,7H,1,4H2/b13-8+;;. The van der Waals surface area contributed by atoms with Gasteiger partial charge in [-0.2, -0.15) is 9.49 Å². The van der Waals surface area contributed by atoms with Gasteiger partial charge in [-0.1, -0.05) is 50.1 Å². The van der Waals surface area contributed by atoms with Crippen LogP contribution in [0.15, 0.2) is 92.5 Å². The number of pyridine rings is 1. The van der Waals surface area contributed by atoms with E-state index in [-0.39, 0.29) is 11.6 Å². The Kier molecular flexibility index (Phi) is 12.6. The first-order valence-electron chi connectivity index (χ1n) is 12.4. The van der Waals surface area contributed by atoms with Crippen molar-refractivity contribution >= 4 is 0 Å². The van der Waals surface area contributed by atoms with Crippen molar-refractivity contribution in [2.24, 2.45) is 0 Å². The van der Waals surface area contributed by atoms with Gasteiger partial charge >= 0.3 is 0 Å². The van der Waals surface area contributed by atoms with Crippen molar-refractivity contribution in [2.45, 2.75) is 50.6 Å². The first-order valence-corrected chi connectivity index (χ1v) is 12.4. The highest BCUT2D eigenvalue weighted by Crippen LogP contribution is 2.40. The number of hydrogen-bond acceptors (Lipinski definition) is 4. The van der Waals surface area contributed by atoms with Gasteiger partial charge in [0, 0.05) is 36.2 Å². The number of halogens is 3. The molecule has 2 fully saturated rings. The third-order valence-electron chi connectivity index (χ3n) is 6.04. The molecule has 3 heterocycles. The molecule has 1 aliphatic carbocycles. The molecular weight excluding hydrogens is 475 g/mol. The van der Waals surface area contributed by atoms with E-state index in [2.05, 4.69) is 53.7 Å². The Hall–Kier alpha value is -3.39. The zero-order chi connectivity index (χ0) is 27.2. The number of likely N-dealkylation sites (tertiary alicyclic amines) is 1. The summed E-state index contributed by atoms with van der Waals surface area (Å²) in [5, 5.41) is 6.96. The Balaban J connectivity index is 0.000000202. The molecule has 1 saturated heterocycles. The second kappa shape index (κ2) is 15.7. The van der Waals surface area contributed by atoms with E-state index in [0.717, 1.165) is 36.2 Å². The first kappa shape index (κ1) is 29.8. The van der Waals surface area contributed by atoms with Gasteiger partial charge in [-0.25, -0.2) is 13.8 Å². The molecule has 0 radical (unpaired) electrons. The number of aromatic nitrogens is 3. The summed E-state index contributed by atoms with van der Waals surface area (Å²) in [5.74, 6) is 0.179. The van der Waals surface area contributed by atoms with Crippen molar-refractivity contribution in [1.29, 1.82) is 0 Å². The summed E-state index contributed by atoms with van der Waals surface area (Å²) >= 11 is 0. The molecule has 4 rings (SSSR count). The Morgan fingerprint density at radius 1 is 1.22 bits per heavy atom. The molecule has 5 nitrogen and oxygen atoms in total. The highest BCUT2D eigenvalue weighted by Gasteiger charge is 2.26. The maximum atomic E-state index is 12.8. The second-order valence-corrected chi connectivity index (χ2v) is 8.91. The van der Waals surface area contributed by atoms with Crippen LogP contribution in [-0.4, -0.2) is 45.8 Å². The summed E-state index contributed by atoms with van der Waals surface area (Å²) in [5.41, 5.74) is 2.85. The lowest BCUT2D eigenvalue weighted by Crippen LogP contribution is -2.33. The lowest BCUT2D eigenvalue weighted by Gasteiger charge is -2.23. The minimum absolute atomic E-state index is 0.188. The molecule has 8 heteroatoms. The van der Waals surface area contributed by atoms with E-state index < -0.39 is 6.43 Å². The lowest BCUT2D eigenvalue weighted by atomic mass is 10.1. The topological polar surface area (TPSA) is 46.0 Å². The molecule has 1 aliphatic heterocycles. The van der Waals surface area contributed by atoms with Gasteiger partial charge in [0.2, 0.25) is 5.95 Å². The molecule has 0 amide bonds. The predicted molar refractivity (Wildman–Crippen MR) is 145 cm³/mol. The Morgan fingerprint density at radius 2 is 1.97 bits per heavy atom. The molecule has 37 heavy (non-hydrogen) atoms. The van der Waals surface area contributed by atoms with Crippen LogP contribution in [0.5, 0.6) is 0 Å². The Morgan fingerprint density at radius 3 is 2.49 bits per heavy atom. The number of nitrogens with zero attached hydrogens (tertiary/aromatic N) is 4. The molecule has 1 atom stereocenters. The molecule has 200 valence electrons. The van der Waals surface area contributed by atoms with Gasteiger partial charge < -0.3 is 5.32 Å². The summed E-state index contributed by atoms with van der Waals surface area (Å²) in [6, 6.07) is 5.39. The SMILES string of the molecule is C=C/C=C(\C=C)CNC(=C)C1CCCN1C.C=CCn1ccc(C(F)F)n1.Fc1ncccc1C1CC1. The number of nitrogens with one attached hydrogen (secondary N) is 1. The van der Waals surface area contributed by atoms with E-state index in [1.165, 1.54) is 42.5 Å². The molecule has 1 saturated carbocycles. The van der Waals surface area contributed by atoms with Crippen molar-refractivity contribution in [1.82, 2.24) is 25.0 Å². The van der Waals surface area contributed by atoms with Gasteiger partial charge in [0.1, 0.15) is 5.69 Å². The van der Waals surface area contributed by atoms with Crippen LogP contribution in [0, 0.1) is 5.95 Å². The fraction of sp³-hybridized carbons (Fsp3) is 0.379. The number of alkyl halides is 2. The van der Waals surface area contributed by atoms with Crippen LogP contribution >= 0.6 is 0 Å². The summed E-state index contributed by atoms with van der Waals surface area (Å²) in [4.78, 5) is 5.92. The molecule has 1 N–H and O–H groups in total. The van der Waals surface area contributed by atoms with Gasteiger partial charge in [-0.05, 0) is 62.9 Å². The number of likely N-dealkylation sites (N-methyl/N-ethyl adjacent to an activating group) is 1. The van der Waals surface area contributed by atoms with Crippen molar-refractivity contribution in [3.05, 3.63) is 110 Å². The average Bonchev–Trinajstić information content (AvgIpc) is 3.46. The van der Waals surface area contributed by atoms with E-state index in [1.807, 2.05) is 18.2 Å². The number of hydrogen-bond donors (Lipinski definition) is 1. The van der Waals surface area contributed by atoms with Crippen LogP contribution < -0.4 is 5.32 Å². The summed E-state index contributed by atoms with van der Waals surface area (Å²) in [7, 11) is 2.15. The van der Waals surface area contributed by atoms with Crippen LogP contribution in [-0.2, 0) is 6.54 Å². The molecule has 2 aliphatic rings. The monoisotopic (exact) mass is 513 g/mol. The van der Waals surface area contributed by atoms with Crippen LogP contribution in [0.2, 0.25) is 0 Å². The predicted octanol–water partition coefficient (Wildman–Crippen LogP) is 6.59. The zero-order valence-electron chi connectivity index (χ0n) is 21.6. The maximum absolute atomic E-state index is 12.8. The van der Waals surface area contributed by atoms with Crippen LogP contribution in [0.1, 0.15) is 49.3 Å². The van der Waals surface area contributed by atoms with Gasteiger partial charge in [0.15, 0.2) is 0 Å². The molecule has 0 spiro atoms. The van der Waals surface area contributed by atoms with Crippen LogP contribution in [0.25, 0.3) is 0 Å². The smallest absolute Gasteiger partial charge is 0.282 e. The Bertz CT molecular complexity index is 1060. The van der Waals surface area contributed by atoms with Gasteiger partial charge in [-0.3, -0.25) is 9.58 Å². The van der Waals surface area contributed by atoms with Crippen LogP contribution in [0.3, 0.4) is 0 Å². The normalized spacial score (nSPS) is 17.2. The lowest BCUT2D eigenvalue weighted by molar-refractivity contribution is 0.145.